The first-order chi connectivity index (χ1) is 10.5. The number of carbonyl (C=O) groups excluding carboxylic acids is 3. The van der Waals surface area contributed by atoms with Crippen molar-refractivity contribution in [3.63, 3.8) is 0 Å². The van der Waals surface area contributed by atoms with Crippen molar-refractivity contribution in [2.24, 2.45) is 0 Å². The molecule has 1 aliphatic heterocycles. The molecule has 1 aromatic rings. The van der Waals surface area contributed by atoms with Crippen LogP contribution < -0.4 is 4.90 Å². The van der Waals surface area contributed by atoms with E-state index in [1.165, 1.54) is 18.9 Å². The molecule has 0 radical (unpaired) electrons. The molecular weight excluding hydrogens is 284 g/mol. The Morgan fingerprint density at radius 3 is 2.50 bits per heavy atom. The van der Waals surface area contributed by atoms with Gasteiger partial charge in [0.15, 0.2) is 0 Å². The molecule has 1 aliphatic rings. The van der Waals surface area contributed by atoms with Crippen LogP contribution >= 0.6 is 0 Å². The molecule has 0 unspecified atom stereocenters. The lowest BCUT2D eigenvalue weighted by Crippen LogP contribution is -2.41. The van der Waals surface area contributed by atoms with Crippen molar-refractivity contribution in [1.82, 2.24) is 4.90 Å². The number of anilines is 1. The quantitative estimate of drug-likeness (QED) is 0.790. The van der Waals surface area contributed by atoms with Crippen LogP contribution in [0.25, 0.3) is 0 Å². The average Bonchev–Trinajstić information content (AvgIpc) is 3.06. The van der Waals surface area contributed by atoms with Crippen molar-refractivity contribution in [1.29, 1.82) is 0 Å². The minimum absolute atomic E-state index is 0.0139. The Labute approximate surface area is 129 Å². The summed E-state index contributed by atoms with van der Waals surface area (Å²) in [6.07, 6.45) is 2.01. The Morgan fingerprint density at radius 2 is 1.91 bits per heavy atom. The number of rotatable bonds is 4. The summed E-state index contributed by atoms with van der Waals surface area (Å²) in [6.45, 7) is 2.88. The number of carbonyl (C=O) groups is 3. The molecule has 0 aliphatic carbocycles. The van der Waals surface area contributed by atoms with Crippen molar-refractivity contribution >= 4 is 23.5 Å². The highest BCUT2D eigenvalue weighted by Gasteiger charge is 2.23. The Bertz CT molecular complexity index is 579. The van der Waals surface area contributed by atoms with E-state index in [0.717, 1.165) is 25.9 Å². The lowest BCUT2D eigenvalue weighted by molar-refractivity contribution is -0.130. The molecule has 22 heavy (non-hydrogen) atoms. The van der Waals surface area contributed by atoms with Crippen LogP contribution in [0.15, 0.2) is 24.3 Å². The Hall–Kier alpha value is -2.37. The van der Waals surface area contributed by atoms with Crippen LogP contribution in [0.2, 0.25) is 0 Å². The standard InChI is InChI=1S/C16H20N2O4/c1-12(19)18(11-15(20)17-8-3-4-9-17)14-7-5-6-13(10-14)16(21)22-2/h5-7,10H,3-4,8-9,11H2,1-2H3. The number of hydrogen-bond donors (Lipinski definition) is 0. The number of ether oxygens (including phenoxy) is 1. The van der Waals surface area contributed by atoms with E-state index in [2.05, 4.69) is 4.74 Å². The van der Waals surface area contributed by atoms with Gasteiger partial charge in [-0.3, -0.25) is 9.59 Å². The normalized spacial score (nSPS) is 13.8. The molecule has 6 nitrogen and oxygen atoms in total. The van der Waals surface area contributed by atoms with E-state index >= 15 is 0 Å². The van der Waals surface area contributed by atoms with Crippen molar-refractivity contribution in [3.05, 3.63) is 29.8 Å². The van der Waals surface area contributed by atoms with Gasteiger partial charge in [0.05, 0.1) is 12.7 Å². The molecule has 0 N–H and O–H groups in total. The summed E-state index contributed by atoms with van der Waals surface area (Å²) in [5, 5.41) is 0. The third-order valence-corrected chi connectivity index (χ3v) is 3.71. The van der Waals surface area contributed by atoms with E-state index < -0.39 is 5.97 Å². The molecule has 1 fully saturated rings. The fourth-order valence-electron chi connectivity index (χ4n) is 2.50. The van der Waals surface area contributed by atoms with Gasteiger partial charge in [-0.25, -0.2) is 4.79 Å². The SMILES string of the molecule is COC(=O)c1cccc(N(CC(=O)N2CCCC2)C(C)=O)c1. The minimum Gasteiger partial charge on any atom is -0.465 e. The lowest BCUT2D eigenvalue weighted by atomic mass is 10.2. The zero-order valence-corrected chi connectivity index (χ0v) is 12.9. The van der Waals surface area contributed by atoms with Gasteiger partial charge in [-0.1, -0.05) is 6.07 Å². The van der Waals surface area contributed by atoms with Gasteiger partial charge in [-0.05, 0) is 31.0 Å². The summed E-state index contributed by atoms with van der Waals surface area (Å²) < 4.78 is 4.68. The number of nitrogens with zero attached hydrogens (tertiary/aromatic N) is 2. The monoisotopic (exact) mass is 304 g/mol. The van der Waals surface area contributed by atoms with Gasteiger partial charge in [0.25, 0.3) is 0 Å². The molecular formula is C16H20N2O4. The van der Waals surface area contributed by atoms with Gasteiger partial charge in [0.2, 0.25) is 11.8 Å². The maximum Gasteiger partial charge on any atom is 0.337 e. The van der Waals surface area contributed by atoms with Crippen molar-refractivity contribution in [2.75, 3.05) is 31.6 Å². The fourth-order valence-corrected chi connectivity index (χ4v) is 2.50. The first kappa shape index (κ1) is 16.0. The van der Waals surface area contributed by atoms with Crippen LogP contribution in [-0.4, -0.2) is 49.4 Å². The molecule has 1 saturated heterocycles. The van der Waals surface area contributed by atoms with E-state index in [1.807, 2.05) is 0 Å². The molecule has 2 rings (SSSR count). The maximum atomic E-state index is 12.2. The summed E-state index contributed by atoms with van der Waals surface area (Å²) >= 11 is 0. The molecule has 6 heteroatoms. The smallest absolute Gasteiger partial charge is 0.337 e. The molecule has 0 aromatic heterocycles. The molecule has 0 spiro atoms. The molecule has 1 heterocycles. The number of likely N-dealkylation sites (tertiary alicyclic amines) is 1. The maximum absolute atomic E-state index is 12.2. The summed E-state index contributed by atoms with van der Waals surface area (Å²) in [5.74, 6) is -0.790. The van der Waals surface area contributed by atoms with Crippen LogP contribution in [0.1, 0.15) is 30.1 Å². The minimum atomic E-state index is -0.476. The first-order valence-electron chi connectivity index (χ1n) is 7.27. The highest BCUT2D eigenvalue weighted by Crippen LogP contribution is 2.18. The number of amides is 2. The van der Waals surface area contributed by atoms with Gasteiger partial charge in [0, 0.05) is 25.7 Å². The van der Waals surface area contributed by atoms with Crippen molar-refractivity contribution in [3.8, 4) is 0 Å². The second-order valence-corrected chi connectivity index (χ2v) is 5.23. The number of hydrogen-bond acceptors (Lipinski definition) is 4. The number of esters is 1. The highest BCUT2D eigenvalue weighted by atomic mass is 16.5. The third-order valence-electron chi connectivity index (χ3n) is 3.71. The van der Waals surface area contributed by atoms with Gasteiger partial charge >= 0.3 is 5.97 Å². The molecule has 2 amide bonds. The van der Waals surface area contributed by atoms with E-state index in [1.54, 1.807) is 29.2 Å². The zero-order chi connectivity index (χ0) is 16.1. The lowest BCUT2D eigenvalue weighted by Gasteiger charge is -2.24. The van der Waals surface area contributed by atoms with Gasteiger partial charge < -0.3 is 14.5 Å². The number of benzene rings is 1. The Balaban J connectivity index is 2.18. The molecule has 118 valence electrons. The summed E-state index contributed by atoms with van der Waals surface area (Å²) in [6, 6.07) is 6.53. The van der Waals surface area contributed by atoms with E-state index in [4.69, 9.17) is 0 Å². The number of methoxy groups -OCH3 is 1. The Morgan fingerprint density at radius 1 is 1.23 bits per heavy atom. The molecule has 0 atom stereocenters. The summed E-state index contributed by atoms with van der Waals surface area (Å²) in [5.41, 5.74) is 0.864. The predicted octanol–water partition coefficient (Wildman–Crippen LogP) is 1.45. The first-order valence-corrected chi connectivity index (χ1v) is 7.27. The topological polar surface area (TPSA) is 66.9 Å². The fraction of sp³-hybridized carbons (Fsp3) is 0.438. The highest BCUT2D eigenvalue weighted by molar-refractivity contribution is 5.99. The van der Waals surface area contributed by atoms with Crippen LogP contribution in [-0.2, 0) is 14.3 Å². The van der Waals surface area contributed by atoms with Gasteiger partial charge in [0.1, 0.15) is 6.54 Å². The van der Waals surface area contributed by atoms with Gasteiger partial charge in [-0.2, -0.15) is 0 Å². The van der Waals surface area contributed by atoms with Crippen LogP contribution in [0.3, 0.4) is 0 Å². The second-order valence-electron chi connectivity index (χ2n) is 5.23. The molecule has 0 bridgehead atoms. The zero-order valence-electron chi connectivity index (χ0n) is 12.9. The largest absolute Gasteiger partial charge is 0.465 e. The average molecular weight is 304 g/mol. The van der Waals surface area contributed by atoms with E-state index in [9.17, 15) is 14.4 Å². The van der Waals surface area contributed by atoms with Crippen molar-refractivity contribution in [2.45, 2.75) is 19.8 Å². The summed E-state index contributed by atoms with van der Waals surface area (Å²) in [7, 11) is 1.30. The molecule has 1 aromatic carbocycles. The van der Waals surface area contributed by atoms with E-state index in [0.29, 0.717) is 11.3 Å². The van der Waals surface area contributed by atoms with Crippen LogP contribution in [0.4, 0.5) is 5.69 Å². The van der Waals surface area contributed by atoms with Crippen molar-refractivity contribution < 1.29 is 19.1 Å². The second kappa shape index (κ2) is 7.06. The van der Waals surface area contributed by atoms with Crippen LogP contribution in [0.5, 0.6) is 0 Å². The molecule has 0 saturated carbocycles. The third kappa shape index (κ3) is 3.63. The van der Waals surface area contributed by atoms with E-state index in [-0.39, 0.29) is 18.4 Å². The van der Waals surface area contributed by atoms with Gasteiger partial charge in [-0.15, -0.1) is 0 Å². The summed E-state index contributed by atoms with van der Waals surface area (Å²) in [4.78, 5) is 38.9. The van der Waals surface area contributed by atoms with Crippen LogP contribution in [0, 0.1) is 0 Å². The predicted molar refractivity (Wildman–Crippen MR) is 81.6 cm³/mol. The Kier molecular flexibility index (Phi) is 5.14.